The van der Waals surface area contributed by atoms with E-state index in [1.807, 2.05) is 6.92 Å². The van der Waals surface area contributed by atoms with Crippen LogP contribution in [-0.2, 0) is 0 Å². The average molecular weight is 167 g/mol. The summed E-state index contributed by atoms with van der Waals surface area (Å²) in [6.45, 7) is 4.02. The first-order valence-corrected chi connectivity index (χ1v) is 4.27. The number of nitrogens with two attached hydrogens (primary N) is 1. The summed E-state index contributed by atoms with van der Waals surface area (Å²) in [5.41, 5.74) is 5.59. The largest absolute Gasteiger partial charge is 0.423 e. The van der Waals surface area contributed by atoms with Crippen LogP contribution in [0.15, 0.2) is 4.42 Å². The van der Waals surface area contributed by atoms with E-state index in [-0.39, 0.29) is 6.04 Å². The number of hydrogen-bond acceptors (Lipinski definition) is 4. The van der Waals surface area contributed by atoms with Crippen molar-refractivity contribution in [2.45, 2.75) is 32.2 Å². The van der Waals surface area contributed by atoms with Gasteiger partial charge < -0.3 is 10.2 Å². The number of aromatic nitrogens is 2. The van der Waals surface area contributed by atoms with Gasteiger partial charge in [-0.05, 0) is 19.3 Å². The van der Waals surface area contributed by atoms with Crippen molar-refractivity contribution >= 4 is 0 Å². The highest BCUT2D eigenvalue weighted by atomic mass is 16.4. The summed E-state index contributed by atoms with van der Waals surface area (Å²) in [7, 11) is 0. The van der Waals surface area contributed by atoms with Gasteiger partial charge in [0.05, 0.1) is 6.04 Å². The average Bonchev–Trinajstić information content (AvgIpc) is 2.59. The molecule has 1 aromatic rings. The van der Waals surface area contributed by atoms with Crippen LogP contribution in [0.5, 0.6) is 0 Å². The van der Waals surface area contributed by atoms with Crippen LogP contribution in [-0.4, -0.2) is 10.2 Å². The van der Waals surface area contributed by atoms with Crippen molar-refractivity contribution in [3.05, 3.63) is 11.8 Å². The summed E-state index contributed by atoms with van der Waals surface area (Å²) in [5.74, 6) is 2.50. The van der Waals surface area contributed by atoms with E-state index in [2.05, 4.69) is 17.1 Å². The fraction of sp³-hybridized carbons (Fsp3) is 0.750. The molecule has 1 aliphatic rings. The van der Waals surface area contributed by atoms with E-state index in [9.17, 15) is 0 Å². The fourth-order valence-corrected chi connectivity index (χ4v) is 1.25. The molecule has 4 nitrogen and oxygen atoms in total. The smallest absolute Gasteiger partial charge is 0.232 e. The molecule has 0 aliphatic heterocycles. The van der Waals surface area contributed by atoms with Crippen molar-refractivity contribution in [1.29, 1.82) is 0 Å². The molecule has 0 amide bonds. The quantitative estimate of drug-likeness (QED) is 0.719. The summed E-state index contributed by atoms with van der Waals surface area (Å²) in [5, 5.41) is 7.82. The van der Waals surface area contributed by atoms with Crippen molar-refractivity contribution in [3.8, 4) is 0 Å². The Kier molecular flexibility index (Phi) is 1.65. The lowest BCUT2D eigenvalue weighted by molar-refractivity contribution is 0.424. The maximum atomic E-state index is 5.59. The SMILES string of the molecule is CC(N)c1nnc(C2CC2C)o1. The second-order valence-corrected chi connectivity index (χ2v) is 3.59. The molecule has 1 aromatic heterocycles. The topological polar surface area (TPSA) is 64.9 Å². The molecule has 1 aliphatic carbocycles. The van der Waals surface area contributed by atoms with Gasteiger partial charge in [-0.25, -0.2) is 0 Å². The van der Waals surface area contributed by atoms with Crippen molar-refractivity contribution in [3.63, 3.8) is 0 Å². The molecular weight excluding hydrogens is 154 g/mol. The molecule has 0 radical (unpaired) electrons. The Bertz CT molecular complexity index is 282. The van der Waals surface area contributed by atoms with Crippen molar-refractivity contribution in [2.75, 3.05) is 0 Å². The van der Waals surface area contributed by atoms with Crippen LogP contribution in [0.25, 0.3) is 0 Å². The Morgan fingerprint density at radius 1 is 1.58 bits per heavy atom. The molecule has 0 spiro atoms. The summed E-state index contributed by atoms with van der Waals surface area (Å²) < 4.78 is 5.39. The zero-order valence-electron chi connectivity index (χ0n) is 7.32. The highest BCUT2D eigenvalue weighted by Gasteiger charge is 2.38. The molecule has 3 unspecified atom stereocenters. The van der Waals surface area contributed by atoms with Crippen LogP contribution in [0.2, 0.25) is 0 Å². The van der Waals surface area contributed by atoms with Crippen LogP contribution < -0.4 is 5.73 Å². The molecule has 66 valence electrons. The van der Waals surface area contributed by atoms with Gasteiger partial charge in [0.1, 0.15) is 0 Å². The molecule has 0 bridgehead atoms. The van der Waals surface area contributed by atoms with Crippen molar-refractivity contribution in [2.24, 2.45) is 11.7 Å². The molecule has 12 heavy (non-hydrogen) atoms. The Balaban J connectivity index is 2.14. The molecule has 2 N–H and O–H groups in total. The maximum absolute atomic E-state index is 5.59. The van der Waals surface area contributed by atoms with Gasteiger partial charge >= 0.3 is 0 Å². The first kappa shape index (κ1) is 7.73. The van der Waals surface area contributed by atoms with E-state index in [0.717, 1.165) is 5.89 Å². The minimum Gasteiger partial charge on any atom is -0.423 e. The van der Waals surface area contributed by atoms with Crippen LogP contribution in [0.3, 0.4) is 0 Å². The van der Waals surface area contributed by atoms with Crippen LogP contribution >= 0.6 is 0 Å². The number of rotatable bonds is 2. The van der Waals surface area contributed by atoms with Crippen LogP contribution in [0, 0.1) is 5.92 Å². The molecule has 0 saturated heterocycles. The van der Waals surface area contributed by atoms with E-state index in [1.54, 1.807) is 0 Å². The predicted molar refractivity (Wildman–Crippen MR) is 43.4 cm³/mol. The van der Waals surface area contributed by atoms with E-state index >= 15 is 0 Å². The Morgan fingerprint density at radius 2 is 2.25 bits per heavy atom. The van der Waals surface area contributed by atoms with Gasteiger partial charge in [0.15, 0.2) is 0 Å². The van der Waals surface area contributed by atoms with Gasteiger partial charge in [0, 0.05) is 5.92 Å². The fourth-order valence-electron chi connectivity index (χ4n) is 1.25. The minimum atomic E-state index is -0.152. The molecule has 1 saturated carbocycles. The monoisotopic (exact) mass is 167 g/mol. The van der Waals surface area contributed by atoms with E-state index < -0.39 is 0 Å². The van der Waals surface area contributed by atoms with Crippen molar-refractivity contribution in [1.82, 2.24) is 10.2 Å². The maximum Gasteiger partial charge on any atom is 0.232 e. The zero-order valence-corrected chi connectivity index (χ0v) is 7.32. The number of hydrogen-bond donors (Lipinski definition) is 1. The highest BCUT2D eigenvalue weighted by Crippen LogP contribution is 2.46. The Labute approximate surface area is 71.2 Å². The summed E-state index contributed by atoms with van der Waals surface area (Å²) in [6.07, 6.45) is 1.17. The second-order valence-electron chi connectivity index (χ2n) is 3.59. The molecule has 3 atom stereocenters. The van der Waals surface area contributed by atoms with Gasteiger partial charge in [-0.1, -0.05) is 6.92 Å². The third-order valence-corrected chi connectivity index (χ3v) is 2.27. The van der Waals surface area contributed by atoms with Crippen LogP contribution in [0.4, 0.5) is 0 Å². The van der Waals surface area contributed by atoms with Crippen LogP contribution in [0.1, 0.15) is 44.0 Å². The second kappa shape index (κ2) is 2.55. The summed E-state index contributed by atoms with van der Waals surface area (Å²) in [6, 6.07) is -0.152. The molecular formula is C8H13N3O. The third kappa shape index (κ3) is 1.22. The lowest BCUT2D eigenvalue weighted by Gasteiger charge is -1.94. The first-order valence-electron chi connectivity index (χ1n) is 4.27. The zero-order chi connectivity index (χ0) is 8.72. The highest BCUT2D eigenvalue weighted by molar-refractivity contribution is 5.05. The molecule has 1 heterocycles. The molecule has 4 heteroatoms. The van der Waals surface area contributed by atoms with Gasteiger partial charge in [-0.3, -0.25) is 0 Å². The summed E-state index contributed by atoms with van der Waals surface area (Å²) in [4.78, 5) is 0. The van der Waals surface area contributed by atoms with E-state index in [4.69, 9.17) is 10.2 Å². The Morgan fingerprint density at radius 3 is 2.67 bits per heavy atom. The van der Waals surface area contributed by atoms with Crippen molar-refractivity contribution < 1.29 is 4.42 Å². The summed E-state index contributed by atoms with van der Waals surface area (Å²) >= 11 is 0. The van der Waals surface area contributed by atoms with Gasteiger partial charge in [-0.2, -0.15) is 0 Å². The first-order chi connectivity index (χ1) is 5.68. The van der Waals surface area contributed by atoms with Gasteiger partial charge in [0.2, 0.25) is 11.8 Å². The van der Waals surface area contributed by atoms with E-state index in [1.165, 1.54) is 6.42 Å². The van der Waals surface area contributed by atoms with E-state index in [0.29, 0.717) is 17.7 Å². The van der Waals surface area contributed by atoms with Gasteiger partial charge in [-0.15, -0.1) is 10.2 Å². The molecule has 1 fully saturated rings. The molecule has 0 aromatic carbocycles. The Hall–Kier alpha value is -0.900. The molecule has 2 rings (SSSR count). The standard InChI is InChI=1S/C8H13N3O/c1-4-3-6(4)8-11-10-7(12-8)5(2)9/h4-6H,3,9H2,1-2H3. The van der Waals surface area contributed by atoms with Gasteiger partial charge in [0.25, 0.3) is 0 Å². The minimum absolute atomic E-state index is 0.152. The lowest BCUT2D eigenvalue weighted by Crippen LogP contribution is -2.04. The number of nitrogens with zero attached hydrogens (tertiary/aromatic N) is 2. The lowest BCUT2D eigenvalue weighted by atomic mass is 10.3. The predicted octanol–water partition coefficient (Wildman–Crippen LogP) is 1.21. The normalized spacial score (nSPS) is 30.2. The third-order valence-electron chi connectivity index (χ3n) is 2.27.